The SMILES string of the molecule is COc1c(Cl)cccc1Nc1c(-c2ccncc2OC[C@@H]2CCCO2)[nH]c2c1C(=O)NC[C@H]2CC=C(F)F. The van der Waals surface area contributed by atoms with Crippen molar-refractivity contribution in [2.45, 2.75) is 31.3 Å². The van der Waals surface area contributed by atoms with E-state index in [1.807, 2.05) is 0 Å². The Labute approximate surface area is 223 Å². The van der Waals surface area contributed by atoms with Gasteiger partial charge >= 0.3 is 0 Å². The summed E-state index contributed by atoms with van der Waals surface area (Å²) >= 11 is 6.35. The van der Waals surface area contributed by atoms with Crippen LogP contribution in [0.3, 0.4) is 0 Å². The van der Waals surface area contributed by atoms with Crippen molar-refractivity contribution in [3.8, 4) is 22.8 Å². The molecule has 200 valence electrons. The van der Waals surface area contributed by atoms with Crippen LogP contribution in [0.15, 0.2) is 48.8 Å². The van der Waals surface area contributed by atoms with Gasteiger partial charge in [-0.3, -0.25) is 9.78 Å². The first-order chi connectivity index (χ1) is 18.5. The number of amides is 1. The van der Waals surface area contributed by atoms with E-state index in [0.717, 1.165) is 18.9 Å². The van der Waals surface area contributed by atoms with Crippen molar-refractivity contribution in [1.29, 1.82) is 0 Å². The van der Waals surface area contributed by atoms with Gasteiger partial charge in [0.1, 0.15) is 12.4 Å². The number of aromatic amines is 1. The number of nitrogens with zero attached hydrogens (tertiary/aromatic N) is 1. The van der Waals surface area contributed by atoms with Gasteiger partial charge in [0.2, 0.25) is 0 Å². The number of anilines is 2. The summed E-state index contributed by atoms with van der Waals surface area (Å²) in [7, 11) is 1.50. The van der Waals surface area contributed by atoms with Crippen molar-refractivity contribution in [1.82, 2.24) is 15.3 Å². The van der Waals surface area contributed by atoms with E-state index < -0.39 is 12.0 Å². The molecule has 1 saturated heterocycles. The molecule has 38 heavy (non-hydrogen) atoms. The van der Waals surface area contributed by atoms with Crippen molar-refractivity contribution in [2.75, 3.05) is 32.2 Å². The fourth-order valence-electron chi connectivity index (χ4n) is 4.84. The number of nitrogens with one attached hydrogen (secondary N) is 3. The third-order valence-electron chi connectivity index (χ3n) is 6.66. The Morgan fingerprint density at radius 3 is 2.97 bits per heavy atom. The van der Waals surface area contributed by atoms with E-state index in [4.69, 9.17) is 25.8 Å². The van der Waals surface area contributed by atoms with Crippen molar-refractivity contribution >= 4 is 28.9 Å². The number of para-hydroxylation sites is 1. The molecule has 0 radical (unpaired) electrons. The molecule has 2 aliphatic heterocycles. The normalized spacial score (nSPS) is 18.5. The summed E-state index contributed by atoms with van der Waals surface area (Å²) < 4.78 is 43.2. The standard InChI is InChI=1S/C27H27ClF2N4O4/c1-36-26-18(28)5-2-6-19(26)33-25-22-23(15(7-8-21(29)30)12-32-27(22)35)34-24(25)17-9-10-31-13-20(17)38-14-16-4-3-11-37-16/h2,5-6,8-10,13,15-16,33-34H,3-4,7,11-12,14H2,1H3,(H,32,35)/t15-,16+/m1/s1. The highest BCUT2D eigenvalue weighted by Crippen LogP contribution is 2.45. The summed E-state index contributed by atoms with van der Waals surface area (Å²) in [4.78, 5) is 20.8. The van der Waals surface area contributed by atoms with Crippen LogP contribution in [0.2, 0.25) is 5.02 Å². The smallest absolute Gasteiger partial charge is 0.266 e. The molecule has 0 unspecified atom stereocenters. The summed E-state index contributed by atoms with van der Waals surface area (Å²) in [5, 5.41) is 6.53. The zero-order valence-electron chi connectivity index (χ0n) is 20.7. The number of aromatic nitrogens is 2. The molecule has 1 aromatic carbocycles. The van der Waals surface area contributed by atoms with Crippen molar-refractivity contribution in [3.05, 3.63) is 65.1 Å². The van der Waals surface area contributed by atoms with E-state index >= 15 is 0 Å². The number of benzene rings is 1. The van der Waals surface area contributed by atoms with Gasteiger partial charge in [-0.05, 0) is 43.5 Å². The number of ether oxygens (including phenoxy) is 3. The topological polar surface area (TPSA) is 97.5 Å². The van der Waals surface area contributed by atoms with E-state index in [2.05, 4.69) is 20.6 Å². The Balaban J connectivity index is 1.62. The van der Waals surface area contributed by atoms with Gasteiger partial charge in [-0.25, -0.2) is 0 Å². The molecule has 1 fully saturated rings. The lowest BCUT2D eigenvalue weighted by molar-refractivity contribution is 0.0680. The Hall–Kier alpha value is -3.63. The Morgan fingerprint density at radius 1 is 1.34 bits per heavy atom. The monoisotopic (exact) mass is 544 g/mol. The van der Waals surface area contributed by atoms with E-state index in [-0.39, 0.29) is 25.0 Å². The number of hydrogen-bond donors (Lipinski definition) is 3. The number of carbonyl (C=O) groups excluding carboxylic acids is 1. The highest BCUT2D eigenvalue weighted by atomic mass is 35.5. The second-order valence-corrected chi connectivity index (χ2v) is 9.47. The van der Waals surface area contributed by atoms with E-state index in [1.165, 1.54) is 7.11 Å². The van der Waals surface area contributed by atoms with Crippen LogP contribution in [0, 0.1) is 0 Å². The number of hydrogen-bond acceptors (Lipinski definition) is 6. The van der Waals surface area contributed by atoms with Gasteiger partial charge in [0.25, 0.3) is 12.0 Å². The third kappa shape index (κ3) is 5.32. The average Bonchev–Trinajstić information content (AvgIpc) is 3.56. The van der Waals surface area contributed by atoms with Crippen LogP contribution in [0.1, 0.15) is 41.2 Å². The van der Waals surface area contributed by atoms with E-state index in [0.29, 0.717) is 63.6 Å². The molecule has 1 amide bonds. The Kier molecular flexibility index (Phi) is 7.80. The zero-order chi connectivity index (χ0) is 26.6. The summed E-state index contributed by atoms with van der Waals surface area (Å²) in [6.07, 6.45) is 4.26. The maximum Gasteiger partial charge on any atom is 0.266 e. The number of allylic oxidation sites excluding steroid dienone is 1. The van der Waals surface area contributed by atoms with Crippen LogP contribution >= 0.6 is 11.6 Å². The van der Waals surface area contributed by atoms with Crippen molar-refractivity contribution in [3.63, 3.8) is 0 Å². The molecule has 2 aromatic heterocycles. The van der Waals surface area contributed by atoms with Gasteiger partial charge in [0.15, 0.2) is 5.75 Å². The van der Waals surface area contributed by atoms with Gasteiger partial charge < -0.3 is 29.8 Å². The fourth-order valence-corrected chi connectivity index (χ4v) is 5.09. The largest absolute Gasteiger partial charge is 0.493 e. The maximum atomic E-state index is 13.2. The number of carbonyl (C=O) groups is 1. The molecule has 0 bridgehead atoms. The van der Waals surface area contributed by atoms with Crippen molar-refractivity contribution in [2.24, 2.45) is 0 Å². The van der Waals surface area contributed by atoms with Gasteiger partial charge in [-0.1, -0.05) is 17.7 Å². The van der Waals surface area contributed by atoms with Crippen molar-refractivity contribution < 1.29 is 27.8 Å². The number of methoxy groups -OCH3 is 1. The first kappa shape index (κ1) is 26.0. The van der Waals surface area contributed by atoms with Gasteiger partial charge in [0.05, 0.1) is 47.1 Å². The van der Waals surface area contributed by atoms with Gasteiger partial charge in [-0.15, -0.1) is 0 Å². The molecule has 5 rings (SSSR count). The van der Waals surface area contributed by atoms with Crippen LogP contribution in [0.5, 0.6) is 11.5 Å². The second-order valence-electron chi connectivity index (χ2n) is 9.06. The lowest BCUT2D eigenvalue weighted by Gasteiger charge is -2.23. The van der Waals surface area contributed by atoms with Crippen LogP contribution < -0.4 is 20.1 Å². The molecule has 8 nitrogen and oxygen atoms in total. The van der Waals surface area contributed by atoms with E-state index in [1.54, 1.807) is 36.7 Å². The minimum Gasteiger partial charge on any atom is -0.493 e. The number of H-pyrrole nitrogens is 1. The zero-order valence-corrected chi connectivity index (χ0v) is 21.4. The molecule has 11 heteroatoms. The summed E-state index contributed by atoms with van der Waals surface area (Å²) in [5.74, 6) is 0.171. The number of pyridine rings is 1. The van der Waals surface area contributed by atoms with Crippen LogP contribution in [0.25, 0.3) is 11.3 Å². The predicted molar refractivity (Wildman–Crippen MR) is 140 cm³/mol. The minimum atomic E-state index is -1.77. The molecule has 4 heterocycles. The third-order valence-corrected chi connectivity index (χ3v) is 6.96. The maximum absolute atomic E-state index is 13.2. The quantitative estimate of drug-likeness (QED) is 0.304. The molecular weight excluding hydrogens is 518 g/mol. The number of fused-ring (bicyclic) bond motifs is 1. The van der Waals surface area contributed by atoms with Crippen LogP contribution in [-0.4, -0.2) is 48.8 Å². The van der Waals surface area contributed by atoms with Gasteiger partial charge in [-0.2, -0.15) is 8.78 Å². The molecule has 2 atom stereocenters. The predicted octanol–water partition coefficient (Wildman–Crippen LogP) is 6.04. The Morgan fingerprint density at radius 2 is 2.21 bits per heavy atom. The molecule has 0 aliphatic carbocycles. The lowest BCUT2D eigenvalue weighted by atomic mass is 9.93. The van der Waals surface area contributed by atoms with E-state index in [9.17, 15) is 13.6 Å². The summed E-state index contributed by atoms with van der Waals surface area (Å²) in [5.41, 5.74) is 3.05. The molecule has 3 N–H and O–H groups in total. The lowest BCUT2D eigenvalue weighted by Crippen LogP contribution is -2.34. The van der Waals surface area contributed by atoms with Crippen LogP contribution in [-0.2, 0) is 4.74 Å². The molecule has 0 saturated carbocycles. The second kappa shape index (κ2) is 11.4. The minimum absolute atomic E-state index is 0.00855. The molecule has 0 spiro atoms. The first-order valence-electron chi connectivity index (χ1n) is 12.3. The molecular formula is C27H27ClF2N4O4. The van der Waals surface area contributed by atoms with Gasteiger partial charge in [0, 0.05) is 36.5 Å². The average molecular weight is 545 g/mol. The number of rotatable bonds is 9. The Bertz CT molecular complexity index is 1350. The summed E-state index contributed by atoms with van der Waals surface area (Å²) in [6, 6.07) is 7.00. The fraction of sp³-hybridized carbons (Fsp3) is 0.333. The molecule has 2 aliphatic rings. The summed E-state index contributed by atoms with van der Waals surface area (Å²) in [6.45, 7) is 1.28. The number of halogens is 3. The molecule has 3 aromatic rings. The highest BCUT2D eigenvalue weighted by Gasteiger charge is 2.33. The van der Waals surface area contributed by atoms with Crippen LogP contribution in [0.4, 0.5) is 20.2 Å². The first-order valence-corrected chi connectivity index (χ1v) is 12.7. The highest BCUT2D eigenvalue weighted by molar-refractivity contribution is 6.32.